The van der Waals surface area contributed by atoms with Crippen molar-refractivity contribution in [1.82, 2.24) is 10.6 Å². The lowest BCUT2D eigenvalue weighted by atomic mass is 9.82. The van der Waals surface area contributed by atoms with Crippen molar-refractivity contribution < 1.29 is 9.59 Å². The quantitative estimate of drug-likeness (QED) is 0.627. The minimum Gasteiger partial charge on any atom is -0.353 e. The molecule has 0 saturated heterocycles. The van der Waals surface area contributed by atoms with Gasteiger partial charge in [-0.1, -0.05) is 19.3 Å². The van der Waals surface area contributed by atoms with E-state index in [-0.39, 0.29) is 23.9 Å². The lowest BCUT2D eigenvalue weighted by Crippen LogP contribution is -2.52. The van der Waals surface area contributed by atoms with Gasteiger partial charge in [-0.25, -0.2) is 0 Å². The summed E-state index contributed by atoms with van der Waals surface area (Å²) in [6.07, 6.45) is 5.44. The Balaban J connectivity index is 2.22. The Hall–Kier alpha value is -1.10. The van der Waals surface area contributed by atoms with E-state index >= 15 is 0 Å². The highest BCUT2D eigenvalue weighted by atomic mass is 16.2. The van der Waals surface area contributed by atoms with E-state index in [1.54, 1.807) is 0 Å². The summed E-state index contributed by atoms with van der Waals surface area (Å²) in [6, 6.07) is 0. The molecule has 0 radical (unpaired) electrons. The molecule has 92 valence electrons. The molecule has 16 heavy (non-hydrogen) atoms. The number of hydrogen-bond donors (Lipinski definition) is 3. The van der Waals surface area contributed by atoms with Gasteiger partial charge in [-0.3, -0.25) is 9.59 Å². The Labute approximate surface area is 96.1 Å². The average Bonchev–Trinajstić information content (AvgIpc) is 2.25. The van der Waals surface area contributed by atoms with E-state index in [4.69, 9.17) is 5.73 Å². The minimum atomic E-state index is -0.246. The monoisotopic (exact) mass is 227 g/mol. The average molecular weight is 227 g/mol. The molecule has 0 aromatic heterocycles. The van der Waals surface area contributed by atoms with Crippen molar-refractivity contribution in [3.05, 3.63) is 0 Å². The number of carbonyl (C=O) groups is 2. The lowest BCUT2D eigenvalue weighted by molar-refractivity contribution is -0.125. The summed E-state index contributed by atoms with van der Waals surface area (Å²) in [5.74, 6) is -0.374. The van der Waals surface area contributed by atoms with Crippen LogP contribution in [-0.2, 0) is 9.59 Å². The third-order valence-electron chi connectivity index (χ3n) is 2.98. The maximum atomic E-state index is 11.4. The van der Waals surface area contributed by atoms with E-state index in [1.165, 1.54) is 13.3 Å². The number of nitrogens with two attached hydrogens (primary N) is 1. The molecule has 0 unspecified atom stereocenters. The Morgan fingerprint density at radius 2 is 1.81 bits per heavy atom. The topological polar surface area (TPSA) is 84.2 Å². The molecule has 1 fully saturated rings. The number of carbonyl (C=O) groups excluding carboxylic acids is 2. The maximum absolute atomic E-state index is 11.4. The molecule has 0 heterocycles. The molecule has 0 atom stereocenters. The molecular weight excluding hydrogens is 206 g/mol. The maximum Gasteiger partial charge on any atom is 0.239 e. The molecule has 0 aromatic rings. The Bertz CT molecular complexity index is 260. The lowest BCUT2D eigenvalue weighted by Gasteiger charge is -2.33. The molecule has 1 saturated carbocycles. The van der Waals surface area contributed by atoms with Crippen molar-refractivity contribution >= 4 is 11.8 Å². The van der Waals surface area contributed by atoms with Crippen LogP contribution < -0.4 is 16.4 Å². The molecule has 1 aliphatic rings. The first kappa shape index (κ1) is 13.0. The summed E-state index contributed by atoms with van der Waals surface area (Å²) >= 11 is 0. The molecule has 0 bridgehead atoms. The van der Waals surface area contributed by atoms with Gasteiger partial charge in [0.15, 0.2) is 0 Å². The number of nitrogens with one attached hydrogen (secondary N) is 2. The second-order valence-corrected chi connectivity index (χ2v) is 4.61. The Morgan fingerprint density at radius 3 is 2.38 bits per heavy atom. The molecule has 4 N–H and O–H groups in total. The van der Waals surface area contributed by atoms with Crippen molar-refractivity contribution in [1.29, 1.82) is 0 Å². The Kier molecular flexibility index (Phi) is 4.73. The fraction of sp³-hybridized carbons (Fsp3) is 0.818. The zero-order valence-corrected chi connectivity index (χ0v) is 9.84. The third kappa shape index (κ3) is 4.61. The minimum absolute atomic E-state index is 0.0331. The summed E-state index contributed by atoms with van der Waals surface area (Å²) in [6.45, 7) is 1.93. The number of rotatable bonds is 4. The van der Waals surface area contributed by atoms with Crippen LogP contribution >= 0.6 is 0 Å². The van der Waals surface area contributed by atoms with Crippen LogP contribution in [-0.4, -0.2) is 30.4 Å². The summed E-state index contributed by atoms with van der Waals surface area (Å²) in [4.78, 5) is 22.0. The molecule has 0 aromatic carbocycles. The van der Waals surface area contributed by atoms with E-state index in [0.717, 1.165) is 25.7 Å². The van der Waals surface area contributed by atoms with E-state index in [2.05, 4.69) is 10.6 Å². The fourth-order valence-electron chi connectivity index (χ4n) is 1.97. The highest BCUT2D eigenvalue weighted by molar-refractivity contribution is 5.83. The Morgan fingerprint density at radius 1 is 1.19 bits per heavy atom. The summed E-state index contributed by atoms with van der Waals surface area (Å²) in [5, 5.41) is 5.22. The van der Waals surface area contributed by atoms with E-state index in [1.807, 2.05) is 0 Å². The number of amides is 2. The summed E-state index contributed by atoms with van der Waals surface area (Å²) < 4.78 is 0. The van der Waals surface area contributed by atoms with Gasteiger partial charge in [-0.2, -0.15) is 0 Å². The highest BCUT2D eigenvalue weighted by Gasteiger charge is 2.27. The van der Waals surface area contributed by atoms with Gasteiger partial charge in [0.2, 0.25) is 11.8 Å². The smallest absolute Gasteiger partial charge is 0.239 e. The van der Waals surface area contributed by atoms with Gasteiger partial charge >= 0.3 is 0 Å². The van der Waals surface area contributed by atoms with Crippen LogP contribution in [0, 0.1) is 0 Å². The van der Waals surface area contributed by atoms with Crippen LogP contribution in [0.5, 0.6) is 0 Å². The summed E-state index contributed by atoms with van der Waals surface area (Å²) in [5.41, 5.74) is 5.92. The number of hydrogen-bond acceptors (Lipinski definition) is 3. The van der Waals surface area contributed by atoms with Crippen LogP contribution in [0.1, 0.15) is 39.0 Å². The third-order valence-corrected chi connectivity index (χ3v) is 2.98. The van der Waals surface area contributed by atoms with Crippen molar-refractivity contribution in [2.75, 3.05) is 13.1 Å². The molecule has 0 aliphatic heterocycles. The van der Waals surface area contributed by atoms with E-state index < -0.39 is 0 Å². The zero-order chi connectivity index (χ0) is 12.0. The fourth-order valence-corrected chi connectivity index (χ4v) is 1.97. The molecule has 2 amide bonds. The zero-order valence-electron chi connectivity index (χ0n) is 9.84. The second-order valence-electron chi connectivity index (χ2n) is 4.61. The normalized spacial score (nSPS) is 18.9. The molecule has 5 nitrogen and oxygen atoms in total. The first-order valence-electron chi connectivity index (χ1n) is 5.82. The molecule has 1 aliphatic carbocycles. The molecule has 0 spiro atoms. The van der Waals surface area contributed by atoms with Crippen LogP contribution in [0.25, 0.3) is 0 Å². The van der Waals surface area contributed by atoms with Gasteiger partial charge < -0.3 is 16.4 Å². The van der Waals surface area contributed by atoms with Crippen LogP contribution in [0.4, 0.5) is 0 Å². The molecule has 5 heteroatoms. The van der Waals surface area contributed by atoms with Gasteiger partial charge in [-0.15, -0.1) is 0 Å². The highest BCUT2D eigenvalue weighted by Crippen LogP contribution is 2.24. The van der Waals surface area contributed by atoms with Crippen LogP contribution in [0.3, 0.4) is 0 Å². The predicted molar refractivity (Wildman–Crippen MR) is 61.7 cm³/mol. The summed E-state index contributed by atoms with van der Waals surface area (Å²) in [7, 11) is 0. The SMILES string of the molecule is CC(=O)NCC(=O)NCC1(N)CCCCC1. The predicted octanol–water partition coefficient (Wildman–Crippen LogP) is -0.0997. The molecule has 1 rings (SSSR count). The molecular formula is C11H21N3O2. The van der Waals surface area contributed by atoms with Gasteiger partial charge in [0.05, 0.1) is 6.54 Å². The van der Waals surface area contributed by atoms with Crippen molar-refractivity contribution in [3.8, 4) is 0 Å². The van der Waals surface area contributed by atoms with Gasteiger partial charge in [0.25, 0.3) is 0 Å². The first-order valence-corrected chi connectivity index (χ1v) is 5.82. The standard InChI is InChI=1S/C11H21N3O2/c1-9(15)13-7-10(16)14-8-11(12)5-3-2-4-6-11/h2-8,12H2,1H3,(H,13,15)(H,14,16). The van der Waals surface area contributed by atoms with E-state index in [9.17, 15) is 9.59 Å². The van der Waals surface area contributed by atoms with Gasteiger partial charge in [-0.05, 0) is 12.8 Å². The van der Waals surface area contributed by atoms with Crippen molar-refractivity contribution in [2.24, 2.45) is 5.73 Å². The van der Waals surface area contributed by atoms with E-state index in [0.29, 0.717) is 6.54 Å². The van der Waals surface area contributed by atoms with Crippen LogP contribution in [0.2, 0.25) is 0 Å². The van der Waals surface area contributed by atoms with Crippen molar-refractivity contribution in [2.45, 2.75) is 44.6 Å². The van der Waals surface area contributed by atoms with Crippen LogP contribution in [0.15, 0.2) is 0 Å². The van der Waals surface area contributed by atoms with Crippen molar-refractivity contribution in [3.63, 3.8) is 0 Å². The first-order chi connectivity index (χ1) is 7.52. The largest absolute Gasteiger partial charge is 0.353 e. The second kappa shape index (κ2) is 5.84. The van der Waals surface area contributed by atoms with Gasteiger partial charge in [0.1, 0.15) is 0 Å². The van der Waals surface area contributed by atoms with Gasteiger partial charge in [0, 0.05) is 19.0 Å².